The molecule has 2 heterocycles. The van der Waals surface area contributed by atoms with Gasteiger partial charge in [-0.15, -0.1) is 10.2 Å². The number of hydrogen-bond acceptors (Lipinski definition) is 8. The maximum atomic E-state index is 12.4. The van der Waals surface area contributed by atoms with Crippen molar-refractivity contribution in [3.8, 4) is 5.75 Å². The molecular formula is C22H22N6O3S2. The number of thioether (sulfide) groups is 1. The fraction of sp³-hybridized carbons (Fsp3) is 0.227. The van der Waals surface area contributed by atoms with Crippen LogP contribution in [0.4, 0.5) is 10.8 Å². The predicted molar refractivity (Wildman–Crippen MR) is 130 cm³/mol. The summed E-state index contributed by atoms with van der Waals surface area (Å²) >= 11 is 2.63. The summed E-state index contributed by atoms with van der Waals surface area (Å²) in [4.78, 5) is 29.2. The molecule has 33 heavy (non-hydrogen) atoms. The van der Waals surface area contributed by atoms with E-state index in [1.807, 2.05) is 49.4 Å². The first-order valence-corrected chi connectivity index (χ1v) is 11.8. The van der Waals surface area contributed by atoms with Gasteiger partial charge in [-0.25, -0.2) is 4.98 Å². The quantitative estimate of drug-likeness (QED) is 0.369. The number of benzene rings is 2. The lowest BCUT2D eigenvalue weighted by Gasteiger charge is -2.08. The van der Waals surface area contributed by atoms with E-state index >= 15 is 0 Å². The number of carbonyl (C=O) groups is 2. The highest BCUT2D eigenvalue weighted by atomic mass is 32.2. The number of para-hydroxylation sites is 1. The van der Waals surface area contributed by atoms with Crippen LogP contribution in [0.15, 0.2) is 47.6 Å². The second-order valence-electron chi connectivity index (χ2n) is 7.19. The molecule has 4 aromatic rings. The first kappa shape index (κ1) is 22.7. The zero-order valence-corrected chi connectivity index (χ0v) is 19.9. The zero-order valence-electron chi connectivity index (χ0n) is 18.3. The number of rotatable bonds is 8. The Morgan fingerprint density at radius 2 is 1.94 bits per heavy atom. The second kappa shape index (κ2) is 10.0. The van der Waals surface area contributed by atoms with Gasteiger partial charge in [0.25, 0.3) is 0 Å². The first-order valence-electron chi connectivity index (χ1n) is 10.0. The van der Waals surface area contributed by atoms with E-state index in [1.165, 1.54) is 23.1 Å². The van der Waals surface area contributed by atoms with E-state index in [9.17, 15) is 9.59 Å². The predicted octanol–water partition coefficient (Wildman–Crippen LogP) is 3.65. The molecule has 4 rings (SSSR count). The summed E-state index contributed by atoms with van der Waals surface area (Å²) in [6.45, 7) is 1.93. The minimum Gasteiger partial charge on any atom is -0.497 e. The van der Waals surface area contributed by atoms with E-state index in [-0.39, 0.29) is 24.0 Å². The normalized spacial score (nSPS) is 10.9. The molecule has 0 aliphatic heterocycles. The van der Waals surface area contributed by atoms with Crippen molar-refractivity contribution < 1.29 is 14.3 Å². The van der Waals surface area contributed by atoms with E-state index < -0.39 is 0 Å². The van der Waals surface area contributed by atoms with Crippen molar-refractivity contribution in [2.24, 2.45) is 7.05 Å². The lowest BCUT2D eigenvalue weighted by Crippen LogP contribution is -2.17. The lowest BCUT2D eigenvalue weighted by molar-refractivity contribution is -0.116. The summed E-state index contributed by atoms with van der Waals surface area (Å²) in [7, 11) is 3.38. The highest BCUT2D eigenvalue weighted by Crippen LogP contribution is 2.29. The van der Waals surface area contributed by atoms with Crippen molar-refractivity contribution >= 4 is 55.9 Å². The molecule has 2 aromatic heterocycles. The molecule has 170 valence electrons. The summed E-state index contributed by atoms with van der Waals surface area (Å²) in [6, 6.07) is 13.1. The molecule has 0 unspecified atom stereocenters. The summed E-state index contributed by atoms with van der Waals surface area (Å²) in [6.07, 6.45) is 0.0831. The van der Waals surface area contributed by atoms with Gasteiger partial charge in [0.2, 0.25) is 11.8 Å². The van der Waals surface area contributed by atoms with Crippen LogP contribution >= 0.6 is 23.1 Å². The van der Waals surface area contributed by atoms with Gasteiger partial charge in [-0.1, -0.05) is 41.3 Å². The molecule has 0 aliphatic rings. The average molecular weight is 483 g/mol. The Bertz CT molecular complexity index is 1320. The number of anilines is 2. The number of thiazole rings is 1. The average Bonchev–Trinajstić information content (AvgIpc) is 3.35. The van der Waals surface area contributed by atoms with Crippen molar-refractivity contribution in [3.05, 3.63) is 53.9 Å². The summed E-state index contributed by atoms with van der Waals surface area (Å²) in [5.41, 5.74) is 2.55. The molecule has 0 saturated carbocycles. The number of nitrogens with zero attached hydrogens (tertiary/aromatic N) is 4. The van der Waals surface area contributed by atoms with Gasteiger partial charge in [0.15, 0.2) is 10.3 Å². The van der Waals surface area contributed by atoms with E-state index in [1.54, 1.807) is 18.7 Å². The van der Waals surface area contributed by atoms with E-state index in [4.69, 9.17) is 4.74 Å². The van der Waals surface area contributed by atoms with Gasteiger partial charge >= 0.3 is 0 Å². The standard InChI is InChI=1S/C22H22N6O3S2/c1-13-6-4-5-7-15(13)23-19(29)11-18-26-27-22(28(18)2)32-12-20(30)25-21-24-16-9-8-14(31-3)10-17(16)33-21/h4-10H,11-12H2,1-3H3,(H,23,29)(H,24,25,30). The highest BCUT2D eigenvalue weighted by Gasteiger charge is 2.16. The summed E-state index contributed by atoms with van der Waals surface area (Å²) in [5.74, 6) is 1.02. The largest absolute Gasteiger partial charge is 0.497 e. The van der Waals surface area contributed by atoms with Crippen LogP contribution < -0.4 is 15.4 Å². The molecule has 2 N–H and O–H groups in total. The van der Waals surface area contributed by atoms with Gasteiger partial charge in [-0.2, -0.15) is 0 Å². The minimum absolute atomic E-state index is 0.0831. The van der Waals surface area contributed by atoms with Crippen LogP contribution in [0, 0.1) is 6.92 Å². The highest BCUT2D eigenvalue weighted by molar-refractivity contribution is 7.99. The maximum absolute atomic E-state index is 12.4. The molecule has 0 bridgehead atoms. The first-order chi connectivity index (χ1) is 15.9. The van der Waals surface area contributed by atoms with Crippen molar-refractivity contribution in [3.63, 3.8) is 0 Å². The summed E-state index contributed by atoms with van der Waals surface area (Å²) in [5, 5.41) is 15.0. The Balaban J connectivity index is 1.32. The lowest BCUT2D eigenvalue weighted by atomic mass is 10.2. The van der Waals surface area contributed by atoms with Crippen molar-refractivity contribution in [2.45, 2.75) is 18.5 Å². The fourth-order valence-electron chi connectivity index (χ4n) is 3.05. The Hall–Kier alpha value is -3.44. The number of nitrogens with one attached hydrogen (secondary N) is 2. The molecule has 0 atom stereocenters. The van der Waals surface area contributed by atoms with Crippen molar-refractivity contribution in [1.82, 2.24) is 19.7 Å². The molecule has 2 aromatic carbocycles. The zero-order chi connectivity index (χ0) is 23.4. The number of ether oxygens (including phenoxy) is 1. The van der Waals surface area contributed by atoms with E-state index in [2.05, 4.69) is 25.8 Å². The van der Waals surface area contributed by atoms with Crippen LogP contribution in [-0.2, 0) is 23.1 Å². The van der Waals surface area contributed by atoms with Crippen LogP contribution in [0.1, 0.15) is 11.4 Å². The Labute approximate surface area is 198 Å². The van der Waals surface area contributed by atoms with Crippen molar-refractivity contribution in [1.29, 1.82) is 0 Å². The van der Waals surface area contributed by atoms with E-state index in [0.29, 0.717) is 16.1 Å². The van der Waals surface area contributed by atoms with Gasteiger partial charge < -0.3 is 19.9 Å². The van der Waals surface area contributed by atoms with Crippen LogP contribution in [-0.4, -0.2) is 44.4 Å². The Morgan fingerprint density at radius 3 is 2.73 bits per heavy atom. The number of carbonyl (C=O) groups excluding carboxylic acids is 2. The number of hydrogen-bond donors (Lipinski definition) is 2. The fourth-order valence-corrected chi connectivity index (χ4v) is 4.69. The topological polar surface area (TPSA) is 111 Å². The molecule has 0 radical (unpaired) electrons. The maximum Gasteiger partial charge on any atom is 0.236 e. The van der Waals surface area contributed by atoms with Gasteiger partial charge in [0, 0.05) is 12.7 Å². The third kappa shape index (κ3) is 5.49. The molecule has 11 heteroatoms. The molecule has 2 amide bonds. The molecule has 0 spiro atoms. The SMILES string of the molecule is COc1ccc2nc(NC(=O)CSc3nnc(CC(=O)Nc4ccccc4C)n3C)sc2c1. The van der Waals surface area contributed by atoms with Gasteiger partial charge in [0.05, 0.1) is 29.5 Å². The number of methoxy groups -OCH3 is 1. The molecule has 0 fully saturated rings. The molecular weight excluding hydrogens is 460 g/mol. The minimum atomic E-state index is -0.201. The number of aryl methyl sites for hydroxylation is 1. The number of amides is 2. The second-order valence-corrected chi connectivity index (χ2v) is 9.16. The smallest absolute Gasteiger partial charge is 0.236 e. The number of fused-ring (bicyclic) bond motifs is 1. The van der Waals surface area contributed by atoms with Gasteiger partial charge in [-0.05, 0) is 36.8 Å². The Morgan fingerprint density at radius 1 is 1.12 bits per heavy atom. The van der Waals surface area contributed by atoms with Gasteiger partial charge in [0.1, 0.15) is 11.6 Å². The van der Waals surface area contributed by atoms with Crippen LogP contribution in [0.25, 0.3) is 10.2 Å². The third-order valence-electron chi connectivity index (χ3n) is 4.84. The third-order valence-corrected chi connectivity index (χ3v) is 6.79. The molecule has 0 aliphatic carbocycles. The molecule has 0 saturated heterocycles. The van der Waals surface area contributed by atoms with Gasteiger partial charge in [-0.3, -0.25) is 9.59 Å². The molecule has 9 nitrogen and oxygen atoms in total. The van der Waals surface area contributed by atoms with Crippen LogP contribution in [0.3, 0.4) is 0 Å². The Kier molecular flexibility index (Phi) is 6.90. The van der Waals surface area contributed by atoms with Crippen molar-refractivity contribution in [2.75, 3.05) is 23.5 Å². The van der Waals surface area contributed by atoms with E-state index in [0.717, 1.165) is 27.2 Å². The number of aromatic nitrogens is 4. The van der Waals surface area contributed by atoms with Crippen LogP contribution in [0.2, 0.25) is 0 Å². The summed E-state index contributed by atoms with van der Waals surface area (Å²) < 4.78 is 7.87. The van der Waals surface area contributed by atoms with Crippen LogP contribution in [0.5, 0.6) is 5.75 Å². The monoisotopic (exact) mass is 482 g/mol.